The van der Waals surface area contributed by atoms with Crippen LogP contribution in [0.1, 0.15) is 0 Å². The molecule has 0 radical (unpaired) electrons. The summed E-state index contributed by atoms with van der Waals surface area (Å²) in [6, 6.07) is 17.6. The van der Waals surface area contributed by atoms with E-state index in [0.29, 0.717) is 34.6 Å². The summed E-state index contributed by atoms with van der Waals surface area (Å²) in [5.41, 5.74) is 2.79. The molecule has 34 heavy (non-hydrogen) atoms. The second-order valence-corrected chi connectivity index (χ2v) is 7.73. The van der Waals surface area contributed by atoms with Crippen molar-refractivity contribution in [2.75, 3.05) is 56.1 Å². The molecule has 1 aliphatic rings. The fourth-order valence-corrected chi connectivity index (χ4v) is 3.87. The van der Waals surface area contributed by atoms with Gasteiger partial charge in [-0.15, -0.1) is 0 Å². The van der Waals surface area contributed by atoms with Crippen LogP contribution in [0.4, 0.5) is 29.0 Å². The Morgan fingerprint density at radius 2 is 1.65 bits per heavy atom. The zero-order chi connectivity index (χ0) is 23.3. The average Bonchev–Trinajstić information content (AvgIpc) is 2.89. The van der Waals surface area contributed by atoms with Crippen molar-refractivity contribution < 1.29 is 14.2 Å². The van der Waals surface area contributed by atoms with Gasteiger partial charge in [0.15, 0.2) is 11.5 Å². The maximum absolute atomic E-state index is 5.51. The molecule has 4 aromatic rings. The number of morpholine rings is 1. The molecule has 0 aliphatic carbocycles. The predicted molar refractivity (Wildman–Crippen MR) is 133 cm³/mol. The number of nitrogens with zero attached hydrogens (tertiary/aromatic N) is 4. The summed E-state index contributed by atoms with van der Waals surface area (Å²) < 4.78 is 16.4. The number of hydrogen-bond acceptors (Lipinski definition) is 9. The van der Waals surface area contributed by atoms with Crippen LogP contribution in [0.25, 0.3) is 10.9 Å². The van der Waals surface area contributed by atoms with Crippen LogP contribution in [0.5, 0.6) is 11.5 Å². The first-order valence-electron chi connectivity index (χ1n) is 11.0. The third-order valence-corrected chi connectivity index (χ3v) is 5.61. The van der Waals surface area contributed by atoms with Crippen LogP contribution in [0.3, 0.4) is 0 Å². The lowest BCUT2D eigenvalue weighted by molar-refractivity contribution is 0.122. The van der Waals surface area contributed by atoms with E-state index in [1.165, 1.54) is 5.69 Å². The Balaban J connectivity index is 1.50. The van der Waals surface area contributed by atoms with Gasteiger partial charge in [-0.05, 0) is 42.5 Å². The summed E-state index contributed by atoms with van der Waals surface area (Å²) >= 11 is 0. The Morgan fingerprint density at radius 1 is 0.882 bits per heavy atom. The van der Waals surface area contributed by atoms with Gasteiger partial charge in [0, 0.05) is 42.1 Å². The average molecular weight is 459 g/mol. The zero-order valence-electron chi connectivity index (χ0n) is 19.1. The number of aromatic nitrogens is 3. The molecule has 9 nitrogen and oxygen atoms in total. The molecular weight excluding hydrogens is 432 g/mol. The molecule has 5 rings (SSSR count). The maximum Gasteiger partial charge on any atom is 0.230 e. The van der Waals surface area contributed by atoms with E-state index >= 15 is 0 Å². The molecule has 0 amide bonds. The number of hydrogen-bond donors (Lipinski definition) is 2. The monoisotopic (exact) mass is 458 g/mol. The number of pyridine rings is 1. The molecular formula is C25H26N6O3. The number of benzene rings is 2. The van der Waals surface area contributed by atoms with Crippen molar-refractivity contribution >= 4 is 39.9 Å². The molecule has 0 unspecified atom stereocenters. The van der Waals surface area contributed by atoms with Gasteiger partial charge in [0.05, 0.1) is 33.0 Å². The Morgan fingerprint density at radius 3 is 2.35 bits per heavy atom. The van der Waals surface area contributed by atoms with Crippen LogP contribution in [-0.4, -0.2) is 55.5 Å². The van der Waals surface area contributed by atoms with E-state index in [1.807, 2.05) is 42.5 Å². The fraction of sp³-hybridized carbons (Fsp3) is 0.240. The number of fused-ring (bicyclic) bond motifs is 1. The summed E-state index contributed by atoms with van der Waals surface area (Å²) in [4.78, 5) is 16.0. The van der Waals surface area contributed by atoms with Gasteiger partial charge in [0.2, 0.25) is 5.95 Å². The lowest BCUT2D eigenvalue weighted by Gasteiger charge is -2.29. The van der Waals surface area contributed by atoms with Crippen LogP contribution in [-0.2, 0) is 4.74 Å². The highest BCUT2D eigenvalue weighted by atomic mass is 16.5. The number of methoxy groups -OCH3 is 2. The number of nitrogens with one attached hydrogen (secondary N) is 2. The van der Waals surface area contributed by atoms with Crippen molar-refractivity contribution in [2.45, 2.75) is 0 Å². The molecule has 0 bridgehead atoms. The Hall–Kier alpha value is -4.11. The lowest BCUT2D eigenvalue weighted by Crippen LogP contribution is -2.36. The highest BCUT2D eigenvalue weighted by Gasteiger charge is 2.15. The molecule has 1 fully saturated rings. The van der Waals surface area contributed by atoms with Gasteiger partial charge in [-0.1, -0.05) is 6.07 Å². The highest BCUT2D eigenvalue weighted by molar-refractivity contribution is 5.94. The second kappa shape index (κ2) is 9.80. The van der Waals surface area contributed by atoms with E-state index in [-0.39, 0.29) is 0 Å². The summed E-state index contributed by atoms with van der Waals surface area (Å²) in [6.45, 7) is 3.30. The minimum Gasteiger partial charge on any atom is -0.493 e. The second-order valence-electron chi connectivity index (χ2n) is 7.73. The van der Waals surface area contributed by atoms with E-state index in [1.54, 1.807) is 20.4 Å². The van der Waals surface area contributed by atoms with E-state index < -0.39 is 0 Å². The fourth-order valence-electron chi connectivity index (χ4n) is 3.87. The summed E-state index contributed by atoms with van der Waals surface area (Å²) in [5.74, 6) is 2.92. The Labute approximate surface area is 197 Å². The van der Waals surface area contributed by atoms with Gasteiger partial charge in [-0.3, -0.25) is 0 Å². The van der Waals surface area contributed by atoms with Gasteiger partial charge < -0.3 is 29.7 Å². The molecule has 2 aromatic heterocycles. The van der Waals surface area contributed by atoms with E-state index in [9.17, 15) is 0 Å². The van der Waals surface area contributed by atoms with Crippen molar-refractivity contribution in [2.24, 2.45) is 0 Å². The van der Waals surface area contributed by atoms with Crippen molar-refractivity contribution in [3.63, 3.8) is 0 Å². The van der Waals surface area contributed by atoms with E-state index in [0.717, 1.165) is 37.4 Å². The third-order valence-electron chi connectivity index (χ3n) is 5.61. The van der Waals surface area contributed by atoms with Gasteiger partial charge >= 0.3 is 0 Å². The van der Waals surface area contributed by atoms with Crippen LogP contribution in [0, 0.1) is 0 Å². The van der Waals surface area contributed by atoms with Crippen molar-refractivity contribution in [3.8, 4) is 11.5 Å². The molecule has 2 aromatic carbocycles. The smallest absolute Gasteiger partial charge is 0.230 e. The van der Waals surface area contributed by atoms with Gasteiger partial charge in [-0.25, -0.2) is 9.97 Å². The quantitative estimate of drug-likeness (QED) is 0.419. The molecule has 1 aliphatic heterocycles. The Bertz CT molecular complexity index is 1260. The van der Waals surface area contributed by atoms with Crippen LogP contribution in [0.15, 0.2) is 60.8 Å². The number of rotatable bonds is 7. The van der Waals surface area contributed by atoms with Crippen molar-refractivity contribution in [1.82, 2.24) is 15.0 Å². The molecule has 0 spiro atoms. The molecule has 9 heteroatoms. The number of anilines is 5. The first-order chi connectivity index (χ1) is 16.7. The largest absolute Gasteiger partial charge is 0.493 e. The first-order valence-corrected chi connectivity index (χ1v) is 11.0. The SMILES string of the molecule is COc1cc2nc(Nc3ccccn3)nc(Nc3ccc(N4CCOCC4)cc3)c2cc1OC. The maximum atomic E-state index is 5.51. The van der Waals surface area contributed by atoms with E-state index in [2.05, 4.69) is 37.6 Å². The minimum atomic E-state index is 0.422. The van der Waals surface area contributed by atoms with Gasteiger partial charge in [0.25, 0.3) is 0 Å². The summed E-state index contributed by atoms with van der Waals surface area (Å²) in [7, 11) is 3.21. The highest BCUT2D eigenvalue weighted by Crippen LogP contribution is 2.36. The van der Waals surface area contributed by atoms with Crippen LogP contribution < -0.4 is 25.0 Å². The van der Waals surface area contributed by atoms with Crippen LogP contribution >= 0.6 is 0 Å². The van der Waals surface area contributed by atoms with E-state index in [4.69, 9.17) is 19.2 Å². The standard InChI is InChI=1S/C25H26N6O3/c1-32-21-15-19-20(16-22(21)33-2)28-25(29-23-5-3-4-10-26-23)30-24(19)27-17-6-8-18(9-7-17)31-11-13-34-14-12-31/h3-10,15-16H,11-14H2,1-2H3,(H2,26,27,28,29,30). The minimum absolute atomic E-state index is 0.422. The summed E-state index contributed by atoms with van der Waals surface area (Å²) in [5, 5.41) is 7.42. The lowest BCUT2D eigenvalue weighted by atomic mass is 10.2. The summed E-state index contributed by atoms with van der Waals surface area (Å²) in [6.07, 6.45) is 1.71. The number of ether oxygens (including phenoxy) is 3. The Kier molecular flexibility index (Phi) is 6.26. The molecule has 3 heterocycles. The van der Waals surface area contributed by atoms with Crippen molar-refractivity contribution in [3.05, 3.63) is 60.8 Å². The first kappa shape index (κ1) is 21.7. The molecule has 0 saturated carbocycles. The predicted octanol–water partition coefficient (Wildman–Crippen LogP) is 4.37. The third kappa shape index (κ3) is 4.65. The van der Waals surface area contributed by atoms with Crippen LogP contribution in [0.2, 0.25) is 0 Å². The molecule has 1 saturated heterocycles. The topological polar surface area (TPSA) is 93.7 Å². The van der Waals surface area contributed by atoms with Crippen molar-refractivity contribution in [1.29, 1.82) is 0 Å². The molecule has 174 valence electrons. The van der Waals surface area contributed by atoms with Gasteiger partial charge in [0.1, 0.15) is 11.6 Å². The normalized spacial score (nSPS) is 13.5. The van der Waals surface area contributed by atoms with Gasteiger partial charge in [-0.2, -0.15) is 4.98 Å². The molecule has 2 N–H and O–H groups in total. The molecule has 0 atom stereocenters. The zero-order valence-corrected chi connectivity index (χ0v) is 19.1.